The smallest absolute Gasteiger partial charge is 0.240 e. The molecule has 2 N–H and O–H groups in total. The van der Waals surface area contributed by atoms with Gasteiger partial charge in [-0.3, -0.25) is 4.79 Å². The van der Waals surface area contributed by atoms with Crippen LogP contribution in [-0.4, -0.2) is 34.9 Å². The molecule has 4 nitrogen and oxygen atoms in total. The zero-order valence-electron chi connectivity index (χ0n) is 11.8. The van der Waals surface area contributed by atoms with Gasteiger partial charge in [0.2, 0.25) is 5.91 Å². The van der Waals surface area contributed by atoms with Crippen LogP contribution in [0.5, 0.6) is 0 Å². The number of carbonyl (C=O) groups excluding carboxylic acids is 1. The summed E-state index contributed by atoms with van der Waals surface area (Å²) in [4.78, 5) is 18.3. The molecule has 4 atom stereocenters. The Balaban J connectivity index is 1.53. The van der Waals surface area contributed by atoms with E-state index in [0.29, 0.717) is 11.8 Å². The average molecular weight is 273 g/mol. The Morgan fingerprint density at radius 1 is 1.25 bits per heavy atom. The first-order valence-electron chi connectivity index (χ1n) is 8.02. The van der Waals surface area contributed by atoms with E-state index in [2.05, 4.69) is 21.3 Å². The number of rotatable bonds is 2. The first-order valence-corrected chi connectivity index (χ1v) is 8.02. The van der Waals surface area contributed by atoms with E-state index in [1.165, 1.54) is 25.0 Å². The first-order chi connectivity index (χ1) is 9.84. The molecule has 4 unspecified atom stereocenters. The number of H-pyrrole nitrogens is 1. The fraction of sp³-hybridized carbons (Fsp3) is 0.688. The van der Waals surface area contributed by atoms with Gasteiger partial charge in [0.15, 0.2) is 0 Å². The standard InChI is InChI=1S/C16H23N3O/c20-16(15-12-5-1-4-11(12)10-18-15)19-9-3-7-14(19)13-6-2-8-17-13/h2,6,8,11-12,14-15,17-18H,1,3-5,7,9-10H2. The molecule has 4 heteroatoms. The highest BCUT2D eigenvalue weighted by Gasteiger charge is 2.45. The van der Waals surface area contributed by atoms with Crippen LogP contribution in [0.1, 0.15) is 43.8 Å². The number of carbonyl (C=O) groups is 1. The highest BCUT2D eigenvalue weighted by molar-refractivity contribution is 5.83. The van der Waals surface area contributed by atoms with Crippen molar-refractivity contribution in [2.24, 2.45) is 11.8 Å². The molecule has 1 aromatic rings. The summed E-state index contributed by atoms with van der Waals surface area (Å²) in [5.74, 6) is 1.68. The van der Waals surface area contributed by atoms with Crippen molar-refractivity contribution in [3.63, 3.8) is 0 Å². The average Bonchev–Trinajstić information content (AvgIpc) is 3.20. The first kappa shape index (κ1) is 12.5. The topological polar surface area (TPSA) is 48.1 Å². The molecule has 3 fully saturated rings. The van der Waals surface area contributed by atoms with Crippen molar-refractivity contribution in [2.75, 3.05) is 13.1 Å². The second-order valence-corrected chi connectivity index (χ2v) is 6.56. The minimum Gasteiger partial charge on any atom is -0.363 e. The highest BCUT2D eigenvalue weighted by Crippen LogP contribution is 2.40. The lowest BCUT2D eigenvalue weighted by Crippen LogP contribution is -2.46. The minimum absolute atomic E-state index is 0.0815. The lowest BCUT2D eigenvalue weighted by molar-refractivity contribution is -0.135. The molecule has 2 aliphatic heterocycles. The van der Waals surface area contributed by atoms with Crippen molar-refractivity contribution in [2.45, 2.75) is 44.2 Å². The fourth-order valence-electron chi connectivity index (χ4n) is 4.54. The van der Waals surface area contributed by atoms with Crippen molar-refractivity contribution in [3.05, 3.63) is 24.0 Å². The van der Waals surface area contributed by atoms with Gasteiger partial charge in [0, 0.05) is 18.4 Å². The van der Waals surface area contributed by atoms with Crippen LogP contribution in [0.2, 0.25) is 0 Å². The molecule has 0 spiro atoms. The van der Waals surface area contributed by atoms with Gasteiger partial charge in [-0.25, -0.2) is 0 Å². The van der Waals surface area contributed by atoms with Crippen LogP contribution in [0.4, 0.5) is 0 Å². The number of aromatic nitrogens is 1. The third-order valence-electron chi connectivity index (χ3n) is 5.53. The van der Waals surface area contributed by atoms with Gasteiger partial charge >= 0.3 is 0 Å². The van der Waals surface area contributed by atoms with Crippen LogP contribution >= 0.6 is 0 Å². The van der Waals surface area contributed by atoms with E-state index in [4.69, 9.17) is 0 Å². The Labute approximate surface area is 119 Å². The molecule has 0 bridgehead atoms. The van der Waals surface area contributed by atoms with Crippen molar-refractivity contribution in [1.29, 1.82) is 0 Å². The molecule has 108 valence electrons. The molecular formula is C16H23N3O. The maximum atomic E-state index is 12.9. The van der Waals surface area contributed by atoms with Crippen LogP contribution in [0.25, 0.3) is 0 Å². The zero-order valence-corrected chi connectivity index (χ0v) is 11.8. The second-order valence-electron chi connectivity index (χ2n) is 6.56. The van der Waals surface area contributed by atoms with Gasteiger partial charge in [-0.05, 0) is 56.2 Å². The van der Waals surface area contributed by atoms with Crippen molar-refractivity contribution in [1.82, 2.24) is 15.2 Å². The predicted molar refractivity (Wildman–Crippen MR) is 77.1 cm³/mol. The molecule has 4 rings (SSSR count). The Kier molecular flexibility index (Phi) is 3.06. The highest BCUT2D eigenvalue weighted by atomic mass is 16.2. The Morgan fingerprint density at radius 2 is 2.20 bits per heavy atom. The molecule has 1 saturated carbocycles. The number of aromatic amines is 1. The van der Waals surface area contributed by atoms with Gasteiger partial charge in [0.05, 0.1) is 12.1 Å². The Bertz CT molecular complexity index is 484. The lowest BCUT2D eigenvalue weighted by Gasteiger charge is -2.29. The van der Waals surface area contributed by atoms with Crippen molar-refractivity contribution >= 4 is 5.91 Å². The summed E-state index contributed by atoms with van der Waals surface area (Å²) in [5, 5.41) is 3.50. The van der Waals surface area contributed by atoms with E-state index < -0.39 is 0 Å². The van der Waals surface area contributed by atoms with E-state index >= 15 is 0 Å². The molecule has 1 aromatic heterocycles. The van der Waals surface area contributed by atoms with Gasteiger partial charge < -0.3 is 15.2 Å². The van der Waals surface area contributed by atoms with E-state index in [-0.39, 0.29) is 12.1 Å². The third kappa shape index (κ3) is 1.89. The third-order valence-corrected chi connectivity index (χ3v) is 5.53. The molecule has 3 aliphatic rings. The largest absolute Gasteiger partial charge is 0.363 e. The van der Waals surface area contributed by atoms with Crippen molar-refractivity contribution < 1.29 is 4.79 Å². The molecule has 20 heavy (non-hydrogen) atoms. The molecule has 2 saturated heterocycles. The number of nitrogens with one attached hydrogen (secondary N) is 2. The normalized spacial score (nSPS) is 36.5. The molecular weight excluding hydrogens is 250 g/mol. The predicted octanol–water partition coefficient (Wildman–Crippen LogP) is 2.07. The van der Waals surface area contributed by atoms with Crippen molar-refractivity contribution in [3.8, 4) is 0 Å². The summed E-state index contributed by atoms with van der Waals surface area (Å²) in [6, 6.07) is 4.48. The Hall–Kier alpha value is -1.29. The van der Waals surface area contributed by atoms with Crippen LogP contribution in [0, 0.1) is 11.8 Å². The zero-order chi connectivity index (χ0) is 13.5. The fourth-order valence-corrected chi connectivity index (χ4v) is 4.54. The molecule has 0 radical (unpaired) electrons. The maximum absolute atomic E-state index is 12.9. The summed E-state index contributed by atoms with van der Waals surface area (Å²) in [6.45, 7) is 1.96. The number of likely N-dealkylation sites (tertiary alicyclic amines) is 1. The van der Waals surface area contributed by atoms with Crippen LogP contribution in [0.15, 0.2) is 18.3 Å². The van der Waals surface area contributed by atoms with Gasteiger partial charge in [0.25, 0.3) is 0 Å². The monoisotopic (exact) mass is 273 g/mol. The molecule has 1 amide bonds. The number of amides is 1. The summed E-state index contributed by atoms with van der Waals surface area (Å²) in [6.07, 6.45) is 8.01. The van der Waals surface area contributed by atoms with E-state index in [1.54, 1.807) is 0 Å². The quantitative estimate of drug-likeness (QED) is 0.866. The summed E-state index contributed by atoms with van der Waals surface area (Å²) < 4.78 is 0. The van der Waals surface area contributed by atoms with Crippen LogP contribution in [-0.2, 0) is 4.79 Å². The van der Waals surface area contributed by atoms with E-state index in [0.717, 1.165) is 31.8 Å². The summed E-state index contributed by atoms with van der Waals surface area (Å²) in [7, 11) is 0. The lowest BCUT2D eigenvalue weighted by atomic mass is 9.93. The Morgan fingerprint density at radius 3 is 3.05 bits per heavy atom. The number of fused-ring (bicyclic) bond motifs is 1. The van der Waals surface area contributed by atoms with Gasteiger partial charge in [-0.2, -0.15) is 0 Å². The van der Waals surface area contributed by atoms with Crippen LogP contribution in [0.3, 0.4) is 0 Å². The number of nitrogens with zero attached hydrogens (tertiary/aromatic N) is 1. The second kappa shape index (κ2) is 4.92. The number of hydrogen-bond donors (Lipinski definition) is 2. The SMILES string of the molecule is O=C(C1NCC2CCCC21)N1CCCC1c1ccc[nH]1. The maximum Gasteiger partial charge on any atom is 0.240 e. The molecule has 3 heterocycles. The molecule has 0 aromatic carbocycles. The van der Waals surface area contributed by atoms with Crippen LogP contribution < -0.4 is 5.32 Å². The van der Waals surface area contributed by atoms with Gasteiger partial charge in [-0.1, -0.05) is 6.42 Å². The molecule has 1 aliphatic carbocycles. The summed E-state index contributed by atoms with van der Waals surface area (Å²) in [5.41, 5.74) is 1.19. The minimum atomic E-state index is 0.0815. The summed E-state index contributed by atoms with van der Waals surface area (Å²) >= 11 is 0. The number of hydrogen-bond acceptors (Lipinski definition) is 2. The van der Waals surface area contributed by atoms with Gasteiger partial charge in [0.1, 0.15) is 0 Å². The van der Waals surface area contributed by atoms with Gasteiger partial charge in [-0.15, -0.1) is 0 Å². The van der Waals surface area contributed by atoms with E-state index in [9.17, 15) is 4.79 Å². The van der Waals surface area contributed by atoms with E-state index in [1.807, 2.05) is 12.3 Å².